The van der Waals surface area contributed by atoms with E-state index in [1.807, 2.05) is 18.2 Å². The van der Waals surface area contributed by atoms with Crippen LogP contribution >= 0.6 is 0 Å². The quantitative estimate of drug-likeness (QED) is 0.888. The predicted molar refractivity (Wildman–Crippen MR) is 79.7 cm³/mol. The van der Waals surface area contributed by atoms with Crippen LogP contribution in [-0.4, -0.2) is 11.7 Å². The van der Waals surface area contributed by atoms with Crippen LogP contribution in [-0.2, 0) is 10.3 Å². The van der Waals surface area contributed by atoms with Gasteiger partial charge in [0.2, 0.25) is 0 Å². The van der Waals surface area contributed by atoms with Crippen molar-refractivity contribution in [3.05, 3.63) is 65.5 Å². The predicted octanol–water partition coefficient (Wildman–Crippen LogP) is 4.37. The molecule has 1 aliphatic rings. The molecule has 3 rings (SSSR count). The maximum Gasteiger partial charge on any atom is 0.129 e. The van der Waals surface area contributed by atoms with Crippen LogP contribution in [0.4, 0.5) is 4.39 Å². The summed E-state index contributed by atoms with van der Waals surface area (Å²) in [5.41, 5.74) is 0.722. The molecular formula is C18H19FO2. The number of phenolic OH excluding ortho intramolecular Hbond substituents is 1. The molecule has 1 aliphatic heterocycles. The fraction of sp³-hybridized carbons (Fsp3) is 0.333. The minimum Gasteiger partial charge on any atom is -0.508 e. The maximum absolute atomic E-state index is 14.4. The summed E-state index contributed by atoms with van der Waals surface area (Å²) < 4.78 is 20.5. The van der Waals surface area contributed by atoms with Gasteiger partial charge in [0, 0.05) is 12.2 Å². The molecule has 0 saturated carbocycles. The van der Waals surface area contributed by atoms with Crippen LogP contribution in [0.5, 0.6) is 5.75 Å². The molecule has 1 atom stereocenters. The molecule has 0 aliphatic carbocycles. The van der Waals surface area contributed by atoms with Crippen LogP contribution in [0.2, 0.25) is 0 Å². The van der Waals surface area contributed by atoms with Gasteiger partial charge in [-0.15, -0.1) is 0 Å². The highest BCUT2D eigenvalue weighted by molar-refractivity contribution is 5.39. The number of aromatic hydroxyl groups is 1. The molecular weight excluding hydrogens is 267 g/mol. The molecule has 0 radical (unpaired) electrons. The van der Waals surface area contributed by atoms with Gasteiger partial charge in [-0.1, -0.05) is 36.8 Å². The van der Waals surface area contributed by atoms with Crippen molar-refractivity contribution in [3.8, 4) is 5.75 Å². The minimum absolute atomic E-state index is 0.205. The Hall–Kier alpha value is -1.87. The number of hydrogen-bond donors (Lipinski definition) is 1. The first-order chi connectivity index (χ1) is 10.2. The normalized spacial score (nSPS) is 22.7. The van der Waals surface area contributed by atoms with E-state index in [2.05, 4.69) is 0 Å². The molecule has 1 saturated heterocycles. The minimum atomic E-state index is -0.754. The van der Waals surface area contributed by atoms with Crippen LogP contribution in [0, 0.1) is 5.82 Å². The van der Waals surface area contributed by atoms with E-state index in [-0.39, 0.29) is 11.6 Å². The molecule has 0 aromatic heterocycles. The molecule has 1 fully saturated rings. The highest BCUT2D eigenvalue weighted by Crippen LogP contribution is 2.41. The number of ether oxygens (including phenoxy) is 1. The van der Waals surface area contributed by atoms with Gasteiger partial charge < -0.3 is 9.84 Å². The molecule has 2 aromatic carbocycles. The summed E-state index contributed by atoms with van der Waals surface area (Å²) in [5, 5.41) is 9.50. The van der Waals surface area contributed by atoms with E-state index in [1.54, 1.807) is 24.3 Å². The summed E-state index contributed by atoms with van der Waals surface area (Å²) in [6.45, 7) is 0.620. The SMILES string of the molecule is Oc1ccc(C2(c3ccccc3F)CCCCCO2)cc1. The monoisotopic (exact) mass is 286 g/mol. The number of rotatable bonds is 2. The van der Waals surface area contributed by atoms with E-state index in [9.17, 15) is 9.50 Å². The molecule has 110 valence electrons. The molecule has 0 bridgehead atoms. The Kier molecular flexibility index (Phi) is 3.93. The average Bonchev–Trinajstić information content (AvgIpc) is 2.75. The fourth-order valence-corrected chi connectivity index (χ4v) is 3.09. The molecule has 0 amide bonds. The largest absolute Gasteiger partial charge is 0.508 e. The molecule has 0 spiro atoms. The second-order valence-electron chi connectivity index (χ2n) is 5.51. The standard InChI is InChI=1S/C18H19FO2/c19-17-7-3-2-6-16(17)18(12-4-1-5-13-21-18)14-8-10-15(20)11-9-14/h2-3,6-11,20H,1,4-5,12-13H2. The summed E-state index contributed by atoms with van der Waals surface area (Å²) in [5.74, 6) is -0.0384. The smallest absolute Gasteiger partial charge is 0.129 e. The molecule has 1 N–H and O–H groups in total. The van der Waals surface area contributed by atoms with Gasteiger partial charge in [0.25, 0.3) is 0 Å². The van der Waals surface area contributed by atoms with Crippen molar-refractivity contribution in [1.29, 1.82) is 0 Å². The van der Waals surface area contributed by atoms with Gasteiger partial charge in [-0.05, 0) is 43.0 Å². The summed E-state index contributed by atoms with van der Waals surface area (Å²) in [6.07, 6.45) is 3.83. The van der Waals surface area contributed by atoms with Gasteiger partial charge in [-0.3, -0.25) is 0 Å². The molecule has 1 unspecified atom stereocenters. The van der Waals surface area contributed by atoms with Crippen LogP contribution < -0.4 is 0 Å². The molecule has 1 heterocycles. The van der Waals surface area contributed by atoms with Crippen LogP contribution in [0.25, 0.3) is 0 Å². The number of halogens is 1. The van der Waals surface area contributed by atoms with Gasteiger partial charge in [0.1, 0.15) is 17.2 Å². The van der Waals surface area contributed by atoms with E-state index in [0.29, 0.717) is 12.2 Å². The lowest BCUT2D eigenvalue weighted by molar-refractivity contribution is -0.0171. The van der Waals surface area contributed by atoms with Crippen molar-refractivity contribution < 1.29 is 14.2 Å². The van der Waals surface area contributed by atoms with E-state index < -0.39 is 5.60 Å². The van der Waals surface area contributed by atoms with Gasteiger partial charge in [-0.25, -0.2) is 4.39 Å². The lowest BCUT2D eigenvalue weighted by Crippen LogP contribution is -2.31. The Balaban J connectivity index is 2.14. The molecule has 2 aromatic rings. The third-order valence-corrected chi connectivity index (χ3v) is 4.16. The summed E-state index contributed by atoms with van der Waals surface area (Å²) in [6, 6.07) is 13.7. The van der Waals surface area contributed by atoms with Crippen molar-refractivity contribution >= 4 is 0 Å². The van der Waals surface area contributed by atoms with Crippen molar-refractivity contribution in [2.45, 2.75) is 31.3 Å². The Morgan fingerprint density at radius 1 is 0.952 bits per heavy atom. The summed E-state index contributed by atoms with van der Waals surface area (Å²) in [7, 11) is 0. The third kappa shape index (κ3) is 2.66. The third-order valence-electron chi connectivity index (χ3n) is 4.16. The van der Waals surface area contributed by atoms with Crippen LogP contribution in [0.15, 0.2) is 48.5 Å². The first kappa shape index (κ1) is 14.1. The maximum atomic E-state index is 14.4. The Morgan fingerprint density at radius 2 is 1.71 bits per heavy atom. The van der Waals surface area contributed by atoms with Gasteiger partial charge in [0.05, 0.1) is 0 Å². The lowest BCUT2D eigenvalue weighted by Gasteiger charge is -2.34. The van der Waals surface area contributed by atoms with Crippen molar-refractivity contribution in [3.63, 3.8) is 0 Å². The Morgan fingerprint density at radius 3 is 2.48 bits per heavy atom. The lowest BCUT2D eigenvalue weighted by atomic mass is 9.82. The van der Waals surface area contributed by atoms with E-state index in [4.69, 9.17) is 4.74 Å². The van der Waals surface area contributed by atoms with Crippen molar-refractivity contribution in [2.24, 2.45) is 0 Å². The summed E-state index contributed by atoms with van der Waals surface area (Å²) >= 11 is 0. The average molecular weight is 286 g/mol. The number of hydrogen-bond acceptors (Lipinski definition) is 2. The highest BCUT2D eigenvalue weighted by Gasteiger charge is 2.38. The van der Waals surface area contributed by atoms with Crippen LogP contribution in [0.3, 0.4) is 0 Å². The summed E-state index contributed by atoms with van der Waals surface area (Å²) in [4.78, 5) is 0. The van der Waals surface area contributed by atoms with Gasteiger partial charge >= 0.3 is 0 Å². The van der Waals surface area contributed by atoms with Gasteiger partial charge in [0.15, 0.2) is 0 Å². The second-order valence-corrected chi connectivity index (χ2v) is 5.51. The fourth-order valence-electron chi connectivity index (χ4n) is 3.09. The zero-order valence-corrected chi connectivity index (χ0v) is 11.9. The van der Waals surface area contributed by atoms with E-state index in [1.165, 1.54) is 6.07 Å². The number of benzene rings is 2. The molecule has 3 heteroatoms. The zero-order chi connectivity index (χ0) is 14.7. The van der Waals surface area contributed by atoms with E-state index >= 15 is 0 Å². The second kappa shape index (κ2) is 5.86. The van der Waals surface area contributed by atoms with Crippen LogP contribution in [0.1, 0.15) is 36.8 Å². The highest BCUT2D eigenvalue weighted by atomic mass is 19.1. The topological polar surface area (TPSA) is 29.5 Å². The Bertz CT molecular complexity index is 599. The Labute approximate surface area is 124 Å². The number of phenols is 1. The van der Waals surface area contributed by atoms with Crippen molar-refractivity contribution in [2.75, 3.05) is 6.61 Å². The zero-order valence-electron chi connectivity index (χ0n) is 11.9. The van der Waals surface area contributed by atoms with Gasteiger partial charge in [-0.2, -0.15) is 0 Å². The van der Waals surface area contributed by atoms with Crippen molar-refractivity contribution in [1.82, 2.24) is 0 Å². The first-order valence-corrected chi connectivity index (χ1v) is 7.41. The molecule has 2 nitrogen and oxygen atoms in total. The van der Waals surface area contributed by atoms with E-state index in [0.717, 1.165) is 31.2 Å². The molecule has 21 heavy (non-hydrogen) atoms. The first-order valence-electron chi connectivity index (χ1n) is 7.41.